The maximum Gasteiger partial charge on any atom is 0.0332 e. The molecule has 3 heteroatoms. The lowest BCUT2D eigenvalue weighted by Gasteiger charge is -2.40. The fourth-order valence-corrected chi connectivity index (χ4v) is 3.50. The Kier molecular flexibility index (Phi) is 4.82. The number of nitrogens with one attached hydrogen (secondary N) is 1. The molecule has 2 heterocycles. The van der Waals surface area contributed by atoms with E-state index in [2.05, 4.69) is 50.0 Å². The molecule has 18 heavy (non-hydrogen) atoms. The molecule has 102 valence electrons. The Bertz CT molecular complexity index is 372. The molecule has 0 radical (unpaired) electrons. The highest BCUT2D eigenvalue weighted by Gasteiger charge is 2.26. The van der Waals surface area contributed by atoms with Gasteiger partial charge in [-0.3, -0.25) is 4.90 Å². The van der Waals surface area contributed by atoms with E-state index in [1.54, 1.807) is 0 Å². The van der Waals surface area contributed by atoms with Crippen LogP contribution in [0.25, 0.3) is 0 Å². The first kappa shape index (κ1) is 14.0. The van der Waals surface area contributed by atoms with E-state index >= 15 is 0 Å². The summed E-state index contributed by atoms with van der Waals surface area (Å²) in [5.74, 6) is 0.717. The van der Waals surface area contributed by atoms with Gasteiger partial charge in [0, 0.05) is 41.5 Å². The van der Waals surface area contributed by atoms with Crippen molar-refractivity contribution in [1.82, 2.24) is 10.2 Å². The summed E-state index contributed by atoms with van der Waals surface area (Å²) in [4.78, 5) is 5.66. The Morgan fingerprint density at radius 3 is 2.72 bits per heavy atom. The van der Waals surface area contributed by atoms with Crippen molar-refractivity contribution < 1.29 is 0 Å². The Hall–Kier alpha value is -0.380. The number of rotatable bonds is 4. The van der Waals surface area contributed by atoms with Crippen molar-refractivity contribution in [3.8, 4) is 0 Å². The third kappa shape index (κ3) is 3.34. The van der Waals surface area contributed by atoms with E-state index in [9.17, 15) is 0 Å². The van der Waals surface area contributed by atoms with E-state index in [1.165, 1.54) is 16.3 Å². The number of nitrogens with zero attached hydrogens (tertiary/aromatic N) is 1. The second kappa shape index (κ2) is 6.18. The van der Waals surface area contributed by atoms with Crippen LogP contribution >= 0.6 is 11.3 Å². The Labute approximate surface area is 115 Å². The number of hydrogen-bond acceptors (Lipinski definition) is 3. The molecule has 1 aliphatic rings. The van der Waals surface area contributed by atoms with Crippen LogP contribution in [0.1, 0.15) is 37.4 Å². The minimum atomic E-state index is 0.645. The summed E-state index contributed by atoms with van der Waals surface area (Å²) in [7, 11) is 0. The van der Waals surface area contributed by atoms with E-state index in [4.69, 9.17) is 0 Å². The Morgan fingerprint density at radius 2 is 2.11 bits per heavy atom. The maximum absolute atomic E-state index is 3.66. The van der Waals surface area contributed by atoms with Crippen LogP contribution in [0.3, 0.4) is 0 Å². The zero-order valence-electron chi connectivity index (χ0n) is 12.1. The van der Waals surface area contributed by atoms with Gasteiger partial charge in [-0.25, -0.2) is 0 Å². The first-order valence-corrected chi connectivity index (χ1v) is 7.96. The molecule has 1 aliphatic heterocycles. The van der Waals surface area contributed by atoms with Gasteiger partial charge < -0.3 is 5.32 Å². The van der Waals surface area contributed by atoms with Crippen molar-refractivity contribution in [3.63, 3.8) is 0 Å². The summed E-state index contributed by atoms with van der Waals surface area (Å²) in [5, 5.41) is 3.66. The number of thiophene rings is 1. The van der Waals surface area contributed by atoms with Crippen LogP contribution in [0.15, 0.2) is 12.1 Å². The lowest BCUT2D eigenvalue weighted by molar-refractivity contribution is 0.117. The number of piperazine rings is 1. The standard InChI is InChI=1S/C15H26N2S/c1-5-13-6-7-14(18-13)9-17-10-15(11(2)3)16-8-12(17)4/h6-7,11-12,15-16H,5,8-10H2,1-4H3. The molecule has 0 amide bonds. The maximum atomic E-state index is 3.66. The molecule has 2 unspecified atom stereocenters. The van der Waals surface area contributed by atoms with Crippen LogP contribution in [0.4, 0.5) is 0 Å². The quantitative estimate of drug-likeness (QED) is 0.901. The van der Waals surface area contributed by atoms with Crippen molar-refractivity contribution in [2.45, 2.75) is 52.7 Å². The molecule has 0 bridgehead atoms. The van der Waals surface area contributed by atoms with Gasteiger partial charge in [-0.2, -0.15) is 0 Å². The number of hydrogen-bond donors (Lipinski definition) is 1. The van der Waals surface area contributed by atoms with Gasteiger partial charge in [0.25, 0.3) is 0 Å². The van der Waals surface area contributed by atoms with Gasteiger partial charge in [0.05, 0.1) is 0 Å². The summed E-state index contributed by atoms with van der Waals surface area (Å²) < 4.78 is 0. The minimum Gasteiger partial charge on any atom is -0.311 e. The van der Waals surface area contributed by atoms with Crippen molar-refractivity contribution in [1.29, 1.82) is 0 Å². The summed E-state index contributed by atoms with van der Waals surface area (Å²) in [5.41, 5.74) is 0. The average molecular weight is 266 g/mol. The molecule has 0 aliphatic carbocycles. The van der Waals surface area contributed by atoms with Gasteiger partial charge in [-0.1, -0.05) is 20.8 Å². The normalized spacial score (nSPS) is 25.8. The van der Waals surface area contributed by atoms with Crippen LogP contribution in [0.2, 0.25) is 0 Å². The molecule has 2 nitrogen and oxygen atoms in total. The first-order chi connectivity index (χ1) is 8.60. The highest BCUT2D eigenvalue weighted by atomic mass is 32.1. The lowest BCUT2D eigenvalue weighted by atomic mass is 10.00. The van der Waals surface area contributed by atoms with Crippen LogP contribution < -0.4 is 5.32 Å². The zero-order chi connectivity index (χ0) is 13.1. The van der Waals surface area contributed by atoms with Crippen molar-refractivity contribution >= 4 is 11.3 Å². The third-order valence-corrected chi connectivity index (χ3v) is 5.17. The second-order valence-electron chi connectivity index (χ2n) is 5.76. The predicted molar refractivity (Wildman–Crippen MR) is 80.2 cm³/mol. The monoisotopic (exact) mass is 266 g/mol. The molecular weight excluding hydrogens is 240 g/mol. The molecule has 0 aromatic carbocycles. The van der Waals surface area contributed by atoms with E-state index in [-0.39, 0.29) is 0 Å². The Morgan fingerprint density at radius 1 is 1.39 bits per heavy atom. The van der Waals surface area contributed by atoms with Crippen LogP contribution in [0.5, 0.6) is 0 Å². The second-order valence-corrected chi connectivity index (χ2v) is 7.01. The topological polar surface area (TPSA) is 15.3 Å². The van der Waals surface area contributed by atoms with Gasteiger partial charge >= 0.3 is 0 Å². The SMILES string of the molecule is CCc1ccc(CN2CC(C(C)C)NCC2C)s1. The van der Waals surface area contributed by atoms with Crippen LogP contribution in [-0.4, -0.2) is 30.1 Å². The summed E-state index contributed by atoms with van der Waals surface area (Å²) in [6.07, 6.45) is 1.16. The zero-order valence-corrected chi connectivity index (χ0v) is 12.9. The number of aryl methyl sites for hydroxylation is 1. The molecule has 1 fully saturated rings. The third-order valence-electron chi connectivity index (χ3n) is 3.96. The first-order valence-electron chi connectivity index (χ1n) is 7.15. The molecular formula is C15H26N2S. The Balaban J connectivity index is 1.97. The predicted octanol–water partition coefficient (Wildman–Crippen LogP) is 3.13. The molecule has 1 N–H and O–H groups in total. The van der Waals surface area contributed by atoms with E-state index < -0.39 is 0 Å². The molecule has 1 aromatic rings. The molecule has 0 spiro atoms. The van der Waals surface area contributed by atoms with Crippen molar-refractivity contribution in [2.24, 2.45) is 5.92 Å². The minimum absolute atomic E-state index is 0.645. The molecule has 1 aromatic heterocycles. The fourth-order valence-electron chi connectivity index (χ4n) is 2.51. The molecule has 0 saturated carbocycles. The van der Waals surface area contributed by atoms with Gasteiger partial charge in [-0.05, 0) is 31.4 Å². The summed E-state index contributed by atoms with van der Waals surface area (Å²) in [6.45, 7) is 12.6. The van der Waals surface area contributed by atoms with Gasteiger partial charge in [0.2, 0.25) is 0 Å². The van der Waals surface area contributed by atoms with E-state index in [0.717, 1.165) is 25.4 Å². The van der Waals surface area contributed by atoms with Gasteiger partial charge in [-0.15, -0.1) is 11.3 Å². The lowest BCUT2D eigenvalue weighted by Crippen LogP contribution is -2.56. The largest absolute Gasteiger partial charge is 0.311 e. The van der Waals surface area contributed by atoms with Gasteiger partial charge in [0.1, 0.15) is 0 Å². The highest BCUT2D eigenvalue weighted by Crippen LogP contribution is 2.21. The van der Waals surface area contributed by atoms with Crippen LogP contribution in [-0.2, 0) is 13.0 Å². The molecule has 2 rings (SSSR count). The highest BCUT2D eigenvalue weighted by molar-refractivity contribution is 7.11. The molecule has 2 atom stereocenters. The van der Waals surface area contributed by atoms with Crippen molar-refractivity contribution in [2.75, 3.05) is 13.1 Å². The van der Waals surface area contributed by atoms with Gasteiger partial charge in [0.15, 0.2) is 0 Å². The molecule has 1 saturated heterocycles. The van der Waals surface area contributed by atoms with Crippen molar-refractivity contribution in [3.05, 3.63) is 21.9 Å². The average Bonchev–Trinajstić information content (AvgIpc) is 2.79. The fraction of sp³-hybridized carbons (Fsp3) is 0.733. The van der Waals surface area contributed by atoms with E-state index in [1.807, 2.05) is 11.3 Å². The van der Waals surface area contributed by atoms with Crippen LogP contribution in [0, 0.1) is 5.92 Å². The summed E-state index contributed by atoms with van der Waals surface area (Å²) in [6, 6.07) is 5.88. The smallest absolute Gasteiger partial charge is 0.0332 e. The summed E-state index contributed by atoms with van der Waals surface area (Å²) >= 11 is 1.98. The van der Waals surface area contributed by atoms with E-state index in [0.29, 0.717) is 12.1 Å².